The van der Waals surface area contributed by atoms with Gasteiger partial charge in [-0.15, -0.1) is 0 Å². The average molecular weight is 361 g/mol. The zero-order chi connectivity index (χ0) is 14.9. The molecule has 0 aliphatic rings. The predicted molar refractivity (Wildman–Crippen MR) is 76.1 cm³/mol. The monoisotopic (exact) mass is 360 g/mol. The Morgan fingerprint density at radius 1 is 1.30 bits per heavy atom. The Labute approximate surface area is 123 Å². The van der Waals surface area contributed by atoms with Crippen molar-refractivity contribution in [2.24, 2.45) is 0 Å². The highest BCUT2D eigenvalue weighted by Crippen LogP contribution is 2.23. The summed E-state index contributed by atoms with van der Waals surface area (Å²) in [5, 5.41) is 0. The molecular weight excluding hydrogens is 351 g/mol. The van der Waals surface area contributed by atoms with Gasteiger partial charge in [-0.2, -0.15) is 0 Å². The highest BCUT2D eigenvalue weighted by atomic mass is 79.9. The molecule has 0 saturated carbocycles. The van der Waals surface area contributed by atoms with Gasteiger partial charge in [0.1, 0.15) is 10.4 Å². The fourth-order valence-corrected chi connectivity index (χ4v) is 2.98. The Balaban J connectivity index is 2.40. The fourth-order valence-electron chi connectivity index (χ4n) is 1.52. The minimum atomic E-state index is -3.91. The molecule has 0 radical (unpaired) electrons. The number of nitrogens with two attached hydrogens (primary N) is 1. The van der Waals surface area contributed by atoms with E-state index in [9.17, 15) is 12.8 Å². The first-order valence-electron chi connectivity index (χ1n) is 5.35. The van der Waals surface area contributed by atoms with Crippen molar-refractivity contribution in [3.8, 4) is 0 Å². The predicted octanol–water partition coefficient (Wildman–Crippen LogP) is 2.07. The normalized spacial score (nSPS) is 11.3. The SMILES string of the molecule is Cc1cc(F)c(N)cc1S(=O)(=O)Nc1cnc(Br)cn1. The van der Waals surface area contributed by atoms with E-state index in [1.54, 1.807) is 0 Å². The van der Waals surface area contributed by atoms with E-state index in [-0.39, 0.29) is 22.0 Å². The van der Waals surface area contributed by atoms with Crippen LogP contribution in [0, 0.1) is 12.7 Å². The Bertz CT molecular complexity index is 750. The average Bonchev–Trinajstić information content (AvgIpc) is 2.36. The van der Waals surface area contributed by atoms with Gasteiger partial charge in [0.25, 0.3) is 10.0 Å². The van der Waals surface area contributed by atoms with Crippen molar-refractivity contribution < 1.29 is 12.8 Å². The van der Waals surface area contributed by atoms with E-state index in [4.69, 9.17) is 5.73 Å². The van der Waals surface area contributed by atoms with Crippen LogP contribution >= 0.6 is 15.9 Å². The summed E-state index contributed by atoms with van der Waals surface area (Å²) in [6, 6.07) is 2.14. The Kier molecular flexibility index (Phi) is 3.91. The lowest BCUT2D eigenvalue weighted by Crippen LogP contribution is -2.16. The van der Waals surface area contributed by atoms with Crippen molar-refractivity contribution in [3.63, 3.8) is 0 Å². The lowest BCUT2D eigenvalue weighted by atomic mass is 10.2. The highest BCUT2D eigenvalue weighted by molar-refractivity contribution is 9.10. The van der Waals surface area contributed by atoms with Crippen LogP contribution < -0.4 is 10.5 Å². The highest BCUT2D eigenvalue weighted by Gasteiger charge is 2.19. The number of aromatic nitrogens is 2. The topological polar surface area (TPSA) is 98.0 Å². The van der Waals surface area contributed by atoms with Crippen LogP contribution in [0.2, 0.25) is 0 Å². The van der Waals surface area contributed by atoms with E-state index in [0.717, 1.165) is 12.1 Å². The van der Waals surface area contributed by atoms with E-state index in [2.05, 4.69) is 30.6 Å². The summed E-state index contributed by atoms with van der Waals surface area (Å²) in [6.45, 7) is 1.48. The van der Waals surface area contributed by atoms with Crippen molar-refractivity contribution in [2.45, 2.75) is 11.8 Å². The van der Waals surface area contributed by atoms with Crippen molar-refractivity contribution in [3.05, 3.63) is 40.5 Å². The number of nitrogen functional groups attached to an aromatic ring is 1. The first-order valence-corrected chi connectivity index (χ1v) is 7.63. The minimum Gasteiger partial charge on any atom is -0.396 e. The van der Waals surface area contributed by atoms with Crippen molar-refractivity contribution in [1.82, 2.24) is 9.97 Å². The van der Waals surface area contributed by atoms with Gasteiger partial charge < -0.3 is 5.73 Å². The third kappa shape index (κ3) is 3.05. The smallest absolute Gasteiger partial charge is 0.263 e. The summed E-state index contributed by atoms with van der Waals surface area (Å²) < 4.78 is 40.4. The summed E-state index contributed by atoms with van der Waals surface area (Å²) in [5.41, 5.74) is 5.40. The fraction of sp³-hybridized carbons (Fsp3) is 0.0909. The number of rotatable bonds is 3. The van der Waals surface area contributed by atoms with Crippen LogP contribution in [0.4, 0.5) is 15.9 Å². The summed E-state index contributed by atoms with van der Waals surface area (Å²) in [5.74, 6) is -0.611. The molecule has 2 aromatic rings. The molecule has 0 amide bonds. The Morgan fingerprint density at radius 2 is 2.00 bits per heavy atom. The quantitative estimate of drug-likeness (QED) is 0.816. The van der Waals surface area contributed by atoms with Crippen LogP contribution in [0.5, 0.6) is 0 Å². The van der Waals surface area contributed by atoms with Gasteiger partial charge in [0.15, 0.2) is 5.82 Å². The molecule has 0 atom stereocenters. The zero-order valence-corrected chi connectivity index (χ0v) is 12.7. The number of nitrogens with one attached hydrogen (secondary N) is 1. The molecule has 1 aromatic carbocycles. The Morgan fingerprint density at radius 3 is 2.60 bits per heavy atom. The molecule has 20 heavy (non-hydrogen) atoms. The van der Waals surface area contributed by atoms with Gasteiger partial charge in [0.2, 0.25) is 0 Å². The molecule has 0 spiro atoms. The lowest BCUT2D eigenvalue weighted by Gasteiger charge is -2.10. The van der Waals surface area contributed by atoms with Crippen LogP contribution in [0.25, 0.3) is 0 Å². The third-order valence-corrected chi connectivity index (χ3v) is 4.35. The van der Waals surface area contributed by atoms with E-state index < -0.39 is 15.8 Å². The molecule has 0 unspecified atom stereocenters. The van der Waals surface area contributed by atoms with Gasteiger partial charge in [-0.25, -0.2) is 22.8 Å². The number of nitrogens with zero attached hydrogens (tertiary/aromatic N) is 2. The molecule has 0 aliphatic carbocycles. The second-order valence-corrected chi connectivity index (χ2v) is 6.43. The maximum absolute atomic E-state index is 13.3. The number of halogens is 2. The number of sulfonamides is 1. The van der Waals surface area contributed by atoms with Crippen LogP contribution in [0.3, 0.4) is 0 Å². The van der Waals surface area contributed by atoms with E-state index in [1.807, 2.05) is 0 Å². The maximum atomic E-state index is 13.3. The van der Waals surface area contributed by atoms with Crippen LogP contribution in [-0.2, 0) is 10.0 Å². The second kappa shape index (κ2) is 5.33. The third-order valence-electron chi connectivity index (χ3n) is 2.44. The van der Waals surface area contributed by atoms with E-state index >= 15 is 0 Å². The van der Waals surface area contributed by atoms with Gasteiger partial charge in [0, 0.05) is 0 Å². The molecule has 3 N–H and O–H groups in total. The van der Waals surface area contributed by atoms with E-state index in [1.165, 1.54) is 19.3 Å². The first-order chi connectivity index (χ1) is 9.29. The summed E-state index contributed by atoms with van der Waals surface area (Å²) in [6.07, 6.45) is 2.60. The summed E-state index contributed by atoms with van der Waals surface area (Å²) in [7, 11) is -3.91. The van der Waals surface area contributed by atoms with Crippen LogP contribution in [0.1, 0.15) is 5.56 Å². The summed E-state index contributed by atoms with van der Waals surface area (Å²) in [4.78, 5) is 7.60. The molecule has 1 heterocycles. The zero-order valence-electron chi connectivity index (χ0n) is 10.3. The minimum absolute atomic E-state index is 0.0514. The molecule has 2 rings (SSSR count). The Hall–Kier alpha value is -1.74. The molecule has 106 valence electrons. The van der Waals surface area contributed by atoms with Gasteiger partial charge in [-0.05, 0) is 40.5 Å². The van der Waals surface area contributed by atoms with Gasteiger partial charge >= 0.3 is 0 Å². The standard InChI is InChI=1S/C11H10BrFN4O2S/c1-6-2-7(13)8(14)3-9(6)20(18,19)17-11-5-15-10(12)4-16-11/h2-5H,14H2,1H3,(H,16,17). The largest absolute Gasteiger partial charge is 0.396 e. The molecule has 1 aromatic heterocycles. The molecule has 0 bridgehead atoms. The number of aryl methyl sites for hydroxylation is 1. The number of hydrogen-bond acceptors (Lipinski definition) is 5. The molecule has 0 aliphatic heterocycles. The second-order valence-electron chi connectivity index (χ2n) is 3.97. The van der Waals surface area contributed by atoms with Gasteiger partial charge in [-0.3, -0.25) is 4.72 Å². The van der Waals surface area contributed by atoms with Crippen molar-refractivity contribution in [2.75, 3.05) is 10.5 Å². The first kappa shape index (κ1) is 14.7. The molecule has 0 saturated heterocycles. The maximum Gasteiger partial charge on any atom is 0.263 e. The number of hydrogen-bond donors (Lipinski definition) is 2. The van der Waals surface area contributed by atoms with Gasteiger partial charge in [0.05, 0.1) is 23.0 Å². The van der Waals surface area contributed by atoms with Gasteiger partial charge in [-0.1, -0.05) is 0 Å². The molecular formula is C11H10BrFN4O2S. The van der Waals surface area contributed by atoms with Crippen LogP contribution in [0.15, 0.2) is 34.0 Å². The number of anilines is 2. The lowest BCUT2D eigenvalue weighted by molar-refractivity contribution is 0.599. The molecule has 6 nitrogen and oxygen atoms in total. The van der Waals surface area contributed by atoms with Crippen molar-refractivity contribution >= 4 is 37.5 Å². The van der Waals surface area contributed by atoms with Crippen molar-refractivity contribution in [1.29, 1.82) is 0 Å². The van der Waals surface area contributed by atoms with Crippen LogP contribution in [-0.4, -0.2) is 18.4 Å². The number of benzene rings is 1. The molecule has 9 heteroatoms. The molecule has 0 fully saturated rings. The van der Waals surface area contributed by atoms with E-state index in [0.29, 0.717) is 4.60 Å². The summed E-state index contributed by atoms with van der Waals surface area (Å²) >= 11 is 3.09.